The van der Waals surface area contributed by atoms with Gasteiger partial charge >= 0.3 is 0 Å². The van der Waals surface area contributed by atoms with Gasteiger partial charge in [0.15, 0.2) is 5.16 Å². The van der Waals surface area contributed by atoms with Crippen molar-refractivity contribution in [2.45, 2.75) is 17.7 Å². The SMILES string of the molecule is CSc1nccc(-c2cc(F)cc3c2O[C@@H](CNC(=O)/C=C/c2cccs2)C3)n1. The summed E-state index contributed by atoms with van der Waals surface area (Å²) in [5.41, 5.74) is 1.99. The Morgan fingerprint density at radius 1 is 1.45 bits per heavy atom. The third kappa shape index (κ3) is 4.65. The quantitative estimate of drug-likeness (QED) is 0.363. The number of carbonyl (C=O) groups excluding carboxylic acids is 1. The van der Waals surface area contributed by atoms with Crippen molar-refractivity contribution in [3.8, 4) is 17.0 Å². The van der Waals surface area contributed by atoms with Gasteiger partial charge in [-0.3, -0.25) is 4.79 Å². The van der Waals surface area contributed by atoms with Crippen molar-refractivity contribution < 1.29 is 13.9 Å². The van der Waals surface area contributed by atoms with Gasteiger partial charge in [-0.15, -0.1) is 11.3 Å². The highest BCUT2D eigenvalue weighted by Crippen LogP contribution is 2.39. The minimum Gasteiger partial charge on any atom is -0.487 e. The van der Waals surface area contributed by atoms with Crippen LogP contribution in [-0.2, 0) is 11.2 Å². The number of amides is 1. The lowest BCUT2D eigenvalue weighted by Crippen LogP contribution is -2.33. The van der Waals surface area contributed by atoms with E-state index in [0.717, 1.165) is 10.4 Å². The first kappa shape index (κ1) is 19.6. The zero-order chi connectivity index (χ0) is 20.2. The normalized spacial score (nSPS) is 15.3. The molecule has 0 fully saturated rings. The summed E-state index contributed by atoms with van der Waals surface area (Å²) < 4.78 is 20.2. The van der Waals surface area contributed by atoms with Crippen LogP contribution in [-0.4, -0.2) is 34.8 Å². The van der Waals surface area contributed by atoms with E-state index < -0.39 is 0 Å². The van der Waals surface area contributed by atoms with Crippen LogP contribution in [0.1, 0.15) is 10.4 Å². The van der Waals surface area contributed by atoms with Gasteiger partial charge in [-0.2, -0.15) is 0 Å². The number of ether oxygens (including phenoxy) is 1. The summed E-state index contributed by atoms with van der Waals surface area (Å²) in [5.74, 6) is 0.0885. The first-order valence-corrected chi connectivity index (χ1v) is 11.1. The molecular formula is C21H18FN3O2S2. The molecular weight excluding hydrogens is 409 g/mol. The Morgan fingerprint density at radius 3 is 3.14 bits per heavy atom. The zero-order valence-corrected chi connectivity index (χ0v) is 17.2. The number of thiophene rings is 1. The molecule has 0 aliphatic carbocycles. The van der Waals surface area contributed by atoms with Crippen LogP contribution in [0.25, 0.3) is 17.3 Å². The Morgan fingerprint density at radius 2 is 2.34 bits per heavy atom. The number of hydrogen-bond donors (Lipinski definition) is 1. The van der Waals surface area contributed by atoms with Crippen LogP contribution in [0.3, 0.4) is 0 Å². The van der Waals surface area contributed by atoms with Crippen molar-refractivity contribution in [1.82, 2.24) is 15.3 Å². The van der Waals surface area contributed by atoms with Crippen LogP contribution in [0.4, 0.5) is 4.39 Å². The van der Waals surface area contributed by atoms with E-state index in [2.05, 4.69) is 15.3 Å². The average Bonchev–Trinajstić information content (AvgIpc) is 3.39. The molecule has 5 nitrogen and oxygen atoms in total. The topological polar surface area (TPSA) is 64.1 Å². The molecule has 0 saturated heterocycles. The number of benzene rings is 1. The second-order valence-corrected chi connectivity index (χ2v) is 8.16. The summed E-state index contributed by atoms with van der Waals surface area (Å²) in [6, 6.07) is 8.52. The summed E-state index contributed by atoms with van der Waals surface area (Å²) in [6.45, 7) is 0.336. The standard InChI is InChI=1S/C21H18FN3O2S2/c1-28-21-23-7-6-18(25-21)17-11-14(22)9-13-10-15(27-20(13)17)12-24-19(26)5-4-16-3-2-8-29-16/h2-9,11,15H,10,12H2,1H3,(H,24,26)/b5-4+/t15-/m1/s1. The minimum atomic E-state index is -0.338. The second kappa shape index (κ2) is 8.75. The van der Waals surface area contributed by atoms with Crippen molar-refractivity contribution in [3.05, 3.63) is 64.2 Å². The van der Waals surface area contributed by atoms with E-state index in [1.54, 1.807) is 29.7 Å². The molecule has 0 bridgehead atoms. The van der Waals surface area contributed by atoms with Gasteiger partial charge in [0.2, 0.25) is 5.91 Å². The lowest BCUT2D eigenvalue weighted by atomic mass is 10.0. The molecule has 1 aliphatic rings. The molecule has 1 aromatic carbocycles. The number of nitrogens with zero attached hydrogens (tertiary/aromatic N) is 2. The lowest BCUT2D eigenvalue weighted by molar-refractivity contribution is -0.116. The Balaban J connectivity index is 1.46. The maximum Gasteiger partial charge on any atom is 0.244 e. The molecule has 29 heavy (non-hydrogen) atoms. The molecule has 4 rings (SSSR count). The molecule has 3 aromatic rings. The van der Waals surface area contributed by atoms with Crippen LogP contribution in [0, 0.1) is 5.82 Å². The van der Waals surface area contributed by atoms with E-state index in [0.29, 0.717) is 35.1 Å². The van der Waals surface area contributed by atoms with Crippen LogP contribution < -0.4 is 10.1 Å². The number of carbonyl (C=O) groups is 1. The van der Waals surface area contributed by atoms with Gasteiger partial charge in [0.25, 0.3) is 0 Å². The van der Waals surface area contributed by atoms with Crippen molar-refractivity contribution in [1.29, 1.82) is 0 Å². The van der Waals surface area contributed by atoms with E-state index in [4.69, 9.17) is 4.74 Å². The summed E-state index contributed by atoms with van der Waals surface area (Å²) in [4.78, 5) is 21.7. The molecule has 1 N–H and O–H groups in total. The van der Waals surface area contributed by atoms with Crippen molar-refractivity contribution in [3.63, 3.8) is 0 Å². The smallest absolute Gasteiger partial charge is 0.244 e. The first-order chi connectivity index (χ1) is 14.1. The molecule has 0 unspecified atom stereocenters. The maximum atomic E-state index is 14.2. The van der Waals surface area contributed by atoms with Crippen LogP contribution in [0.2, 0.25) is 0 Å². The van der Waals surface area contributed by atoms with Gasteiger partial charge in [0.1, 0.15) is 17.7 Å². The summed E-state index contributed by atoms with van der Waals surface area (Å²) in [5, 5.41) is 5.41. The molecule has 1 aliphatic heterocycles. The molecule has 8 heteroatoms. The molecule has 0 saturated carbocycles. The number of nitrogens with one attached hydrogen (secondary N) is 1. The Bertz CT molecular complexity index is 1050. The van der Waals surface area contributed by atoms with Crippen LogP contribution >= 0.6 is 23.1 Å². The maximum absolute atomic E-state index is 14.2. The van der Waals surface area contributed by atoms with Gasteiger partial charge in [0, 0.05) is 34.7 Å². The van der Waals surface area contributed by atoms with Gasteiger partial charge in [0.05, 0.1) is 12.2 Å². The largest absolute Gasteiger partial charge is 0.487 e. The third-order valence-corrected chi connectivity index (χ3v) is 5.80. The van der Waals surface area contributed by atoms with Crippen LogP contribution in [0.5, 0.6) is 5.75 Å². The fourth-order valence-electron chi connectivity index (χ4n) is 3.11. The summed E-state index contributed by atoms with van der Waals surface area (Å²) >= 11 is 2.98. The molecule has 0 radical (unpaired) electrons. The van der Waals surface area contributed by atoms with Gasteiger partial charge in [-0.05, 0) is 42.0 Å². The number of hydrogen-bond acceptors (Lipinski definition) is 6. The number of halogens is 1. The Hall–Kier alpha value is -2.71. The predicted molar refractivity (Wildman–Crippen MR) is 114 cm³/mol. The van der Waals surface area contributed by atoms with Crippen molar-refractivity contribution >= 4 is 35.1 Å². The molecule has 1 atom stereocenters. The zero-order valence-electron chi connectivity index (χ0n) is 15.6. The summed E-state index contributed by atoms with van der Waals surface area (Å²) in [7, 11) is 0. The molecule has 1 amide bonds. The molecule has 0 spiro atoms. The Labute approximate surface area is 176 Å². The predicted octanol–water partition coefficient (Wildman–Crippen LogP) is 4.20. The van der Waals surface area contributed by atoms with E-state index >= 15 is 0 Å². The van der Waals surface area contributed by atoms with Gasteiger partial charge in [-0.25, -0.2) is 14.4 Å². The fourth-order valence-corrected chi connectivity index (χ4v) is 4.08. The number of rotatable bonds is 6. The minimum absolute atomic E-state index is 0.190. The highest BCUT2D eigenvalue weighted by molar-refractivity contribution is 7.98. The van der Waals surface area contributed by atoms with Gasteiger partial charge < -0.3 is 10.1 Å². The second-order valence-electron chi connectivity index (χ2n) is 6.41. The van der Waals surface area contributed by atoms with Crippen molar-refractivity contribution in [2.24, 2.45) is 0 Å². The third-order valence-electron chi connectivity index (χ3n) is 4.40. The fraction of sp³-hybridized carbons (Fsp3) is 0.190. The number of thioether (sulfide) groups is 1. The van der Waals surface area contributed by atoms with Crippen molar-refractivity contribution in [2.75, 3.05) is 12.8 Å². The molecule has 148 valence electrons. The van der Waals surface area contributed by atoms with E-state index in [1.807, 2.05) is 23.8 Å². The highest BCUT2D eigenvalue weighted by atomic mass is 32.2. The van der Waals surface area contributed by atoms with E-state index in [1.165, 1.54) is 30.0 Å². The van der Waals surface area contributed by atoms with E-state index in [9.17, 15) is 9.18 Å². The number of fused-ring (bicyclic) bond motifs is 1. The lowest BCUT2D eigenvalue weighted by Gasteiger charge is -2.13. The van der Waals surface area contributed by atoms with Crippen LogP contribution in [0.15, 0.2) is 53.1 Å². The van der Waals surface area contributed by atoms with Gasteiger partial charge in [-0.1, -0.05) is 17.8 Å². The van der Waals surface area contributed by atoms with E-state index in [-0.39, 0.29) is 17.8 Å². The monoisotopic (exact) mass is 427 g/mol. The average molecular weight is 428 g/mol. The number of aromatic nitrogens is 2. The molecule has 2 aromatic heterocycles. The Kier molecular flexibility index (Phi) is 5.92. The first-order valence-electron chi connectivity index (χ1n) is 8.98. The molecule has 3 heterocycles. The summed E-state index contributed by atoms with van der Waals surface area (Å²) in [6.07, 6.45) is 7.08. The highest BCUT2D eigenvalue weighted by Gasteiger charge is 2.27.